The van der Waals surface area contributed by atoms with Gasteiger partial charge in [0.1, 0.15) is 5.82 Å². The number of hydrogen-bond donors (Lipinski definition) is 1. The van der Waals surface area contributed by atoms with E-state index in [0.717, 1.165) is 16.8 Å². The van der Waals surface area contributed by atoms with Gasteiger partial charge in [0.25, 0.3) is 5.91 Å². The molecule has 3 nitrogen and oxygen atoms in total. The monoisotopic (exact) mass is 320 g/mol. The smallest absolute Gasteiger partial charge is 0.257 e. The number of aryl methyl sites for hydroxylation is 2. The molecule has 0 spiro atoms. The van der Waals surface area contributed by atoms with Gasteiger partial charge in [0, 0.05) is 11.3 Å². The summed E-state index contributed by atoms with van der Waals surface area (Å²) in [5, 5.41) is 2.75. The normalized spacial score (nSPS) is 10.5. The molecular formula is C20H17FN2O. The zero-order chi connectivity index (χ0) is 17.1. The average molecular weight is 320 g/mol. The zero-order valence-electron chi connectivity index (χ0n) is 13.5. The Bertz CT molecular complexity index is 891. The summed E-state index contributed by atoms with van der Waals surface area (Å²) >= 11 is 0. The second kappa shape index (κ2) is 6.62. The molecule has 2 aromatic carbocycles. The van der Waals surface area contributed by atoms with Crippen molar-refractivity contribution in [2.45, 2.75) is 13.8 Å². The Hall–Kier alpha value is -3.01. The SMILES string of the molecule is Cc1ccc(F)cc1NC(=O)c1ccc(-c2ccccc2)nc1C. The average Bonchev–Trinajstić information content (AvgIpc) is 2.58. The third-order valence-corrected chi connectivity index (χ3v) is 3.85. The molecule has 0 fully saturated rings. The largest absolute Gasteiger partial charge is 0.322 e. The van der Waals surface area contributed by atoms with E-state index in [4.69, 9.17) is 0 Å². The molecule has 120 valence electrons. The highest BCUT2D eigenvalue weighted by Gasteiger charge is 2.13. The van der Waals surface area contributed by atoms with Crippen molar-refractivity contribution >= 4 is 11.6 Å². The number of nitrogens with zero attached hydrogens (tertiary/aromatic N) is 1. The van der Waals surface area contributed by atoms with Gasteiger partial charge in [-0.2, -0.15) is 0 Å². The second-order valence-corrected chi connectivity index (χ2v) is 5.61. The van der Waals surface area contributed by atoms with Gasteiger partial charge in [-0.3, -0.25) is 9.78 Å². The predicted molar refractivity (Wildman–Crippen MR) is 93.5 cm³/mol. The van der Waals surface area contributed by atoms with Crippen LogP contribution in [0.3, 0.4) is 0 Å². The molecule has 0 aliphatic carbocycles. The van der Waals surface area contributed by atoms with Gasteiger partial charge < -0.3 is 5.32 Å². The van der Waals surface area contributed by atoms with E-state index < -0.39 is 0 Å². The maximum atomic E-state index is 13.4. The Balaban J connectivity index is 1.87. The Kier molecular flexibility index (Phi) is 4.38. The number of amides is 1. The van der Waals surface area contributed by atoms with Crippen molar-refractivity contribution in [3.8, 4) is 11.3 Å². The number of carbonyl (C=O) groups excluding carboxylic acids is 1. The standard InChI is InChI=1S/C20H17FN2O/c1-13-8-9-16(21)12-19(13)23-20(24)17-10-11-18(22-14(17)2)15-6-4-3-5-7-15/h3-12H,1-2H3,(H,23,24). The molecule has 0 aliphatic heterocycles. The maximum absolute atomic E-state index is 13.4. The fraction of sp³-hybridized carbons (Fsp3) is 0.100. The summed E-state index contributed by atoms with van der Waals surface area (Å²) < 4.78 is 13.4. The van der Waals surface area contributed by atoms with Gasteiger partial charge in [-0.15, -0.1) is 0 Å². The van der Waals surface area contributed by atoms with E-state index in [-0.39, 0.29) is 11.7 Å². The molecule has 24 heavy (non-hydrogen) atoms. The van der Waals surface area contributed by atoms with Crippen molar-refractivity contribution in [2.75, 3.05) is 5.32 Å². The summed E-state index contributed by atoms with van der Waals surface area (Å²) in [7, 11) is 0. The Morgan fingerprint density at radius 1 is 1.00 bits per heavy atom. The Morgan fingerprint density at radius 3 is 2.46 bits per heavy atom. The maximum Gasteiger partial charge on any atom is 0.257 e. The number of carbonyl (C=O) groups is 1. The molecule has 1 heterocycles. The van der Waals surface area contributed by atoms with E-state index in [1.807, 2.05) is 43.3 Å². The van der Waals surface area contributed by atoms with Crippen molar-refractivity contribution in [2.24, 2.45) is 0 Å². The summed E-state index contributed by atoms with van der Waals surface area (Å²) in [6, 6.07) is 17.6. The van der Waals surface area contributed by atoms with Gasteiger partial charge in [0.15, 0.2) is 0 Å². The number of halogens is 1. The lowest BCUT2D eigenvalue weighted by atomic mass is 10.1. The third-order valence-electron chi connectivity index (χ3n) is 3.85. The minimum absolute atomic E-state index is 0.298. The van der Waals surface area contributed by atoms with Crippen molar-refractivity contribution in [1.82, 2.24) is 4.98 Å². The van der Waals surface area contributed by atoms with Crippen LogP contribution in [0.1, 0.15) is 21.6 Å². The van der Waals surface area contributed by atoms with Gasteiger partial charge in [0.2, 0.25) is 0 Å². The van der Waals surface area contributed by atoms with E-state index in [1.165, 1.54) is 12.1 Å². The predicted octanol–water partition coefficient (Wildman–Crippen LogP) is 4.76. The second-order valence-electron chi connectivity index (χ2n) is 5.61. The molecule has 1 amide bonds. The molecule has 3 aromatic rings. The van der Waals surface area contributed by atoms with E-state index in [9.17, 15) is 9.18 Å². The van der Waals surface area contributed by atoms with Gasteiger partial charge in [-0.25, -0.2) is 4.39 Å². The number of nitrogens with one attached hydrogen (secondary N) is 1. The number of rotatable bonds is 3. The topological polar surface area (TPSA) is 42.0 Å². The molecule has 0 unspecified atom stereocenters. The van der Waals surface area contributed by atoms with Crippen LogP contribution in [0.2, 0.25) is 0 Å². The lowest BCUT2D eigenvalue weighted by Gasteiger charge is -2.11. The van der Waals surface area contributed by atoms with Crippen LogP contribution in [0.25, 0.3) is 11.3 Å². The minimum atomic E-state index is -0.384. The summed E-state index contributed by atoms with van der Waals surface area (Å²) in [6.07, 6.45) is 0. The Labute approximate surface area is 140 Å². The summed E-state index contributed by atoms with van der Waals surface area (Å²) in [5.74, 6) is -0.682. The molecule has 4 heteroatoms. The van der Waals surface area contributed by atoms with Gasteiger partial charge >= 0.3 is 0 Å². The summed E-state index contributed by atoms with van der Waals surface area (Å²) in [5.41, 5.74) is 4.17. The van der Waals surface area contributed by atoms with Crippen molar-refractivity contribution < 1.29 is 9.18 Å². The molecule has 0 saturated carbocycles. The van der Waals surface area contributed by atoms with Crippen LogP contribution in [-0.4, -0.2) is 10.9 Å². The number of aromatic nitrogens is 1. The van der Waals surface area contributed by atoms with Crippen molar-refractivity contribution in [3.05, 3.63) is 83.3 Å². The van der Waals surface area contributed by atoms with E-state index in [0.29, 0.717) is 16.9 Å². The first-order valence-electron chi connectivity index (χ1n) is 7.65. The molecule has 0 saturated heterocycles. The molecule has 3 rings (SSSR count). The summed E-state index contributed by atoms with van der Waals surface area (Å²) in [6.45, 7) is 3.61. The van der Waals surface area contributed by atoms with E-state index in [2.05, 4.69) is 10.3 Å². The number of hydrogen-bond acceptors (Lipinski definition) is 2. The molecule has 1 aromatic heterocycles. The first-order valence-corrected chi connectivity index (χ1v) is 7.65. The minimum Gasteiger partial charge on any atom is -0.322 e. The fourth-order valence-corrected chi connectivity index (χ4v) is 2.49. The molecule has 1 N–H and O–H groups in total. The highest BCUT2D eigenvalue weighted by atomic mass is 19.1. The molecule has 0 radical (unpaired) electrons. The highest BCUT2D eigenvalue weighted by molar-refractivity contribution is 6.05. The van der Waals surface area contributed by atoms with E-state index in [1.54, 1.807) is 19.1 Å². The quantitative estimate of drug-likeness (QED) is 0.756. The first-order chi connectivity index (χ1) is 11.5. The number of pyridine rings is 1. The van der Waals surface area contributed by atoms with Gasteiger partial charge in [0.05, 0.1) is 17.0 Å². The van der Waals surface area contributed by atoms with Crippen LogP contribution in [0.15, 0.2) is 60.7 Å². The first kappa shape index (κ1) is 15.9. The van der Waals surface area contributed by atoms with E-state index >= 15 is 0 Å². The van der Waals surface area contributed by atoms with Crippen LogP contribution in [0.5, 0.6) is 0 Å². The van der Waals surface area contributed by atoms with Crippen molar-refractivity contribution in [1.29, 1.82) is 0 Å². The third kappa shape index (κ3) is 3.33. The number of benzene rings is 2. The van der Waals surface area contributed by atoms with Crippen LogP contribution < -0.4 is 5.32 Å². The molecule has 0 bridgehead atoms. The fourth-order valence-electron chi connectivity index (χ4n) is 2.49. The number of anilines is 1. The van der Waals surface area contributed by atoms with Crippen LogP contribution in [-0.2, 0) is 0 Å². The molecule has 0 atom stereocenters. The highest BCUT2D eigenvalue weighted by Crippen LogP contribution is 2.21. The van der Waals surface area contributed by atoms with Crippen LogP contribution in [0, 0.1) is 19.7 Å². The molecule has 0 aliphatic rings. The zero-order valence-corrected chi connectivity index (χ0v) is 13.5. The lowest BCUT2D eigenvalue weighted by Crippen LogP contribution is -2.15. The van der Waals surface area contributed by atoms with Gasteiger partial charge in [-0.1, -0.05) is 36.4 Å². The van der Waals surface area contributed by atoms with Crippen LogP contribution in [0.4, 0.5) is 10.1 Å². The molecular weight excluding hydrogens is 303 g/mol. The van der Waals surface area contributed by atoms with Crippen molar-refractivity contribution in [3.63, 3.8) is 0 Å². The van der Waals surface area contributed by atoms with Gasteiger partial charge in [-0.05, 0) is 43.7 Å². The van der Waals surface area contributed by atoms with Crippen LogP contribution >= 0.6 is 0 Å². The summed E-state index contributed by atoms with van der Waals surface area (Å²) in [4.78, 5) is 17.0. The lowest BCUT2D eigenvalue weighted by molar-refractivity contribution is 0.102. The Morgan fingerprint density at radius 2 is 1.75 bits per heavy atom.